The maximum atomic E-state index is 13.9. The summed E-state index contributed by atoms with van der Waals surface area (Å²) in [6.07, 6.45) is 7.48. The molecular formula is C24H24F2N6O. The number of fused-ring (bicyclic) bond motifs is 1. The van der Waals surface area contributed by atoms with Gasteiger partial charge in [-0.1, -0.05) is 37.1 Å². The number of halogens is 2. The summed E-state index contributed by atoms with van der Waals surface area (Å²) < 4.78 is 29.3. The summed E-state index contributed by atoms with van der Waals surface area (Å²) in [4.78, 5) is 20.9. The van der Waals surface area contributed by atoms with E-state index < -0.39 is 23.8 Å². The van der Waals surface area contributed by atoms with Crippen molar-refractivity contribution in [1.82, 2.24) is 25.1 Å². The highest BCUT2D eigenvalue weighted by molar-refractivity contribution is 5.98. The largest absolute Gasteiger partial charge is 0.383 e. The van der Waals surface area contributed by atoms with Crippen molar-refractivity contribution in [2.75, 3.05) is 5.73 Å². The summed E-state index contributed by atoms with van der Waals surface area (Å²) in [5, 5.41) is 8.27. The zero-order chi connectivity index (χ0) is 22.9. The topological polar surface area (TPSA) is 98.7 Å². The number of carbonyl (C=O) groups excluding carboxylic acids is 1. The van der Waals surface area contributed by atoms with E-state index in [-0.39, 0.29) is 6.54 Å². The minimum absolute atomic E-state index is 0.198. The Morgan fingerprint density at radius 3 is 2.70 bits per heavy atom. The molecule has 1 fully saturated rings. The van der Waals surface area contributed by atoms with E-state index in [4.69, 9.17) is 10.8 Å². The first-order valence-corrected chi connectivity index (χ1v) is 11.1. The van der Waals surface area contributed by atoms with Crippen LogP contribution < -0.4 is 11.1 Å². The highest BCUT2D eigenvalue weighted by Crippen LogP contribution is 2.36. The lowest BCUT2D eigenvalue weighted by atomic mass is 9.97. The van der Waals surface area contributed by atoms with Gasteiger partial charge in [-0.2, -0.15) is 5.10 Å². The minimum atomic E-state index is -1.54. The Hall–Kier alpha value is -3.62. The Morgan fingerprint density at radius 1 is 1.18 bits per heavy atom. The van der Waals surface area contributed by atoms with Gasteiger partial charge < -0.3 is 11.1 Å². The van der Waals surface area contributed by atoms with Gasteiger partial charge in [-0.25, -0.2) is 23.4 Å². The van der Waals surface area contributed by atoms with Crippen LogP contribution in [-0.4, -0.2) is 31.8 Å². The quantitative estimate of drug-likeness (QED) is 0.608. The lowest BCUT2D eigenvalue weighted by molar-refractivity contribution is -0.125. The second-order valence-electron chi connectivity index (χ2n) is 8.48. The van der Waals surface area contributed by atoms with Gasteiger partial charge in [0, 0.05) is 12.1 Å². The highest BCUT2D eigenvalue weighted by Gasteiger charge is 2.28. The van der Waals surface area contributed by atoms with Gasteiger partial charge in [0.1, 0.15) is 29.8 Å². The molecule has 0 radical (unpaired) electrons. The summed E-state index contributed by atoms with van der Waals surface area (Å²) in [5.74, 6) is -1.94. The summed E-state index contributed by atoms with van der Waals surface area (Å²) >= 11 is 0. The van der Waals surface area contributed by atoms with Gasteiger partial charge in [0.2, 0.25) is 5.91 Å². The second-order valence-corrected chi connectivity index (χ2v) is 8.48. The Kier molecular flexibility index (Phi) is 5.62. The smallest absolute Gasteiger partial charge is 0.230 e. The van der Waals surface area contributed by atoms with E-state index in [0.29, 0.717) is 11.9 Å². The van der Waals surface area contributed by atoms with E-state index in [2.05, 4.69) is 15.3 Å². The van der Waals surface area contributed by atoms with Crippen molar-refractivity contribution >= 4 is 22.8 Å². The third-order valence-electron chi connectivity index (χ3n) is 6.31. The maximum Gasteiger partial charge on any atom is 0.230 e. The average Bonchev–Trinajstić information content (AvgIpc) is 3.48. The molecule has 1 saturated carbocycles. The third-order valence-corrected chi connectivity index (χ3v) is 6.31. The van der Waals surface area contributed by atoms with Crippen LogP contribution in [0.15, 0.2) is 54.6 Å². The molecule has 2 heterocycles. The van der Waals surface area contributed by atoms with Crippen LogP contribution in [0.1, 0.15) is 37.3 Å². The number of anilines is 1. The molecule has 2 unspecified atom stereocenters. The fraction of sp³-hybridized carbons (Fsp3) is 0.333. The van der Waals surface area contributed by atoms with Crippen LogP contribution in [0.3, 0.4) is 0 Å². The van der Waals surface area contributed by atoms with Crippen molar-refractivity contribution in [3.8, 4) is 11.3 Å². The fourth-order valence-corrected chi connectivity index (χ4v) is 4.53. The van der Waals surface area contributed by atoms with Gasteiger partial charge in [-0.15, -0.1) is 0 Å². The van der Waals surface area contributed by atoms with Crippen molar-refractivity contribution in [1.29, 1.82) is 0 Å². The molecule has 2 aliphatic carbocycles. The van der Waals surface area contributed by atoms with Crippen LogP contribution in [0.5, 0.6) is 0 Å². The molecule has 0 spiro atoms. The first-order valence-electron chi connectivity index (χ1n) is 11.1. The number of amides is 1. The molecule has 1 amide bonds. The van der Waals surface area contributed by atoms with Gasteiger partial charge in [-0.05, 0) is 36.6 Å². The summed E-state index contributed by atoms with van der Waals surface area (Å²) in [6, 6.07) is 7.82. The number of nitrogens with two attached hydrogens (primary N) is 1. The van der Waals surface area contributed by atoms with Crippen LogP contribution in [0.4, 0.5) is 14.6 Å². The predicted molar refractivity (Wildman–Crippen MR) is 121 cm³/mol. The molecule has 1 aromatic carbocycles. The van der Waals surface area contributed by atoms with E-state index in [1.807, 2.05) is 28.9 Å². The van der Waals surface area contributed by atoms with Gasteiger partial charge in [0.25, 0.3) is 0 Å². The Balaban J connectivity index is 1.36. The normalized spacial score (nSPS) is 20.8. The number of allylic oxidation sites excluding steroid dienone is 3. The SMILES string of the molecule is Nc1ncnc2c1c(-c1ccc(CNC(=O)C3C=C(F)C=CC3F)cc1)nn2C1CCCC1. The molecule has 2 aliphatic rings. The van der Waals surface area contributed by atoms with Gasteiger partial charge >= 0.3 is 0 Å². The minimum Gasteiger partial charge on any atom is -0.383 e. The first kappa shape index (κ1) is 21.2. The van der Waals surface area contributed by atoms with E-state index in [1.165, 1.54) is 19.2 Å². The third kappa shape index (κ3) is 4.10. The van der Waals surface area contributed by atoms with Gasteiger partial charge in [-0.3, -0.25) is 4.79 Å². The monoisotopic (exact) mass is 450 g/mol. The molecule has 3 N–H and O–H groups in total. The molecule has 0 aliphatic heterocycles. The van der Waals surface area contributed by atoms with E-state index in [9.17, 15) is 13.6 Å². The van der Waals surface area contributed by atoms with Crippen molar-refractivity contribution in [2.24, 2.45) is 5.92 Å². The molecule has 7 nitrogen and oxygen atoms in total. The molecule has 2 aromatic heterocycles. The number of aromatic nitrogens is 4. The number of benzene rings is 1. The molecule has 0 bridgehead atoms. The first-order chi connectivity index (χ1) is 16.0. The number of hydrogen-bond acceptors (Lipinski definition) is 5. The van der Waals surface area contributed by atoms with Crippen molar-refractivity contribution in [3.63, 3.8) is 0 Å². The summed E-state index contributed by atoms with van der Waals surface area (Å²) in [6.45, 7) is 0.198. The molecule has 3 aromatic rings. The number of rotatable bonds is 5. The van der Waals surface area contributed by atoms with Crippen LogP contribution in [0.2, 0.25) is 0 Å². The average molecular weight is 450 g/mol. The highest BCUT2D eigenvalue weighted by atomic mass is 19.1. The lowest BCUT2D eigenvalue weighted by Gasteiger charge is -2.17. The maximum absolute atomic E-state index is 13.9. The number of carbonyl (C=O) groups is 1. The number of alkyl halides is 1. The molecule has 5 rings (SSSR count). The summed E-state index contributed by atoms with van der Waals surface area (Å²) in [5.41, 5.74) is 9.33. The Labute approximate surface area is 189 Å². The van der Waals surface area contributed by atoms with Gasteiger partial charge in [0.05, 0.1) is 17.3 Å². The van der Waals surface area contributed by atoms with Crippen molar-refractivity contribution in [2.45, 2.75) is 44.4 Å². The Bertz CT molecular complexity index is 1240. The predicted octanol–water partition coefficient (Wildman–Crippen LogP) is 4.18. The zero-order valence-corrected chi connectivity index (χ0v) is 17.9. The van der Waals surface area contributed by atoms with Crippen LogP contribution in [-0.2, 0) is 11.3 Å². The molecule has 2 atom stereocenters. The zero-order valence-electron chi connectivity index (χ0n) is 17.9. The lowest BCUT2D eigenvalue weighted by Crippen LogP contribution is -2.34. The number of nitrogens with zero attached hydrogens (tertiary/aromatic N) is 4. The number of nitrogens with one attached hydrogen (secondary N) is 1. The van der Waals surface area contributed by atoms with Crippen LogP contribution in [0, 0.1) is 5.92 Å². The fourth-order valence-electron chi connectivity index (χ4n) is 4.53. The Morgan fingerprint density at radius 2 is 1.94 bits per heavy atom. The van der Waals surface area contributed by atoms with Crippen molar-refractivity contribution < 1.29 is 13.6 Å². The van der Waals surface area contributed by atoms with E-state index in [0.717, 1.165) is 58.9 Å². The number of hydrogen-bond donors (Lipinski definition) is 2. The van der Waals surface area contributed by atoms with Crippen LogP contribution >= 0.6 is 0 Å². The van der Waals surface area contributed by atoms with Crippen molar-refractivity contribution in [3.05, 3.63) is 60.2 Å². The molecule has 33 heavy (non-hydrogen) atoms. The van der Waals surface area contributed by atoms with E-state index >= 15 is 0 Å². The molecular weight excluding hydrogens is 426 g/mol. The summed E-state index contributed by atoms with van der Waals surface area (Å²) in [7, 11) is 0. The molecule has 170 valence electrons. The van der Waals surface area contributed by atoms with Gasteiger partial charge in [0.15, 0.2) is 5.65 Å². The second kappa shape index (κ2) is 8.73. The molecule has 9 heteroatoms. The van der Waals surface area contributed by atoms with E-state index in [1.54, 1.807) is 0 Å². The van der Waals surface area contributed by atoms with Crippen LogP contribution in [0.25, 0.3) is 22.3 Å². The standard InChI is InChI=1S/C24H24F2N6O/c25-16-9-10-19(26)18(11-16)24(33)28-12-14-5-7-15(8-6-14)21-20-22(27)29-13-30-23(20)32(31-21)17-3-1-2-4-17/h5-11,13,17-19H,1-4,12H2,(H,28,33)(H2,27,29,30). The number of nitrogen functional groups attached to an aromatic ring is 1. The molecule has 0 saturated heterocycles.